The van der Waals surface area contributed by atoms with Gasteiger partial charge >= 0.3 is 0 Å². The van der Waals surface area contributed by atoms with Gasteiger partial charge in [0.25, 0.3) is 0 Å². The summed E-state index contributed by atoms with van der Waals surface area (Å²) >= 11 is 1.53. The first-order chi connectivity index (χ1) is 8.04. The number of carbonyl (C=O) groups excluding carboxylic acids is 1. The van der Waals surface area contributed by atoms with Crippen LogP contribution in [0.1, 0.15) is 24.3 Å². The summed E-state index contributed by atoms with van der Waals surface area (Å²) in [6.07, 6.45) is 0. The number of nitrogens with zero attached hydrogens (tertiary/aromatic N) is 1. The summed E-state index contributed by atoms with van der Waals surface area (Å²) in [4.78, 5) is 14.3. The summed E-state index contributed by atoms with van der Waals surface area (Å²) < 4.78 is 0. The lowest BCUT2D eigenvalue weighted by Gasteiger charge is -2.18. The quantitative estimate of drug-likeness (QED) is 0.831. The van der Waals surface area contributed by atoms with E-state index >= 15 is 0 Å². The van der Waals surface area contributed by atoms with Crippen LogP contribution in [0.3, 0.4) is 0 Å². The van der Waals surface area contributed by atoms with Crippen LogP contribution < -0.4 is 0 Å². The van der Waals surface area contributed by atoms with Gasteiger partial charge in [0, 0.05) is 19.5 Å². The minimum Gasteiger partial charge on any atom is -0.384 e. The van der Waals surface area contributed by atoms with Crippen molar-refractivity contribution >= 4 is 17.2 Å². The molecule has 0 bridgehead atoms. The van der Waals surface area contributed by atoms with Gasteiger partial charge < -0.3 is 10.0 Å². The van der Waals surface area contributed by atoms with Crippen molar-refractivity contribution in [3.8, 4) is 11.8 Å². The predicted octanol–water partition coefficient (Wildman–Crippen LogP) is 1.71. The molecular formula is C13H17NO2S. The molecule has 0 saturated carbocycles. The number of aliphatic hydroxyl groups excluding tert-OH is 1. The SMILES string of the molecule is CC(C)C(=O)N(C)Cc1csc(C#CCO)c1. The first-order valence-electron chi connectivity index (χ1n) is 5.46. The van der Waals surface area contributed by atoms with Gasteiger partial charge in [0.1, 0.15) is 6.61 Å². The van der Waals surface area contributed by atoms with Gasteiger partial charge in [-0.2, -0.15) is 0 Å². The normalized spacial score (nSPS) is 9.94. The van der Waals surface area contributed by atoms with Crippen molar-refractivity contribution < 1.29 is 9.90 Å². The summed E-state index contributed by atoms with van der Waals surface area (Å²) in [7, 11) is 1.80. The molecule has 92 valence electrons. The number of hydrogen-bond donors (Lipinski definition) is 1. The Labute approximate surface area is 106 Å². The minimum absolute atomic E-state index is 0.0206. The highest BCUT2D eigenvalue weighted by molar-refractivity contribution is 7.10. The topological polar surface area (TPSA) is 40.5 Å². The first-order valence-corrected chi connectivity index (χ1v) is 6.34. The van der Waals surface area contributed by atoms with Crippen molar-refractivity contribution in [1.29, 1.82) is 0 Å². The molecule has 0 fully saturated rings. The molecule has 0 aromatic carbocycles. The average Bonchev–Trinajstić information content (AvgIpc) is 2.72. The first kappa shape index (κ1) is 13.8. The van der Waals surface area contributed by atoms with Crippen molar-refractivity contribution in [2.24, 2.45) is 5.92 Å². The number of thiophene rings is 1. The Bertz CT molecular complexity index is 440. The Balaban J connectivity index is 2.63. The molecule has 1 aromatic rings. The lowest BCUT2D eigenvalue weighted by Crippen LogP contribution is -2.29. The van der Waals surface area contributed by atoms with Gasteiger partial charge in [0.15, 0.2) is 0 Å². The molecule has 4 heteroatoms. The summed E-state index contributed by atoms with van der Waals surface area (Å²) in [6, 6.07) is 1.96. The second-order valence-corrected chi connectivity index (χ2v) is 5.04. The van der Waals surface area contributed by atoms with Crippen LogP contribution in [0, 0.1) is 17.8 Å². The lowest BCUT2D eigenvalue weighted by atomic mass is 10.2. The second kappa shape index (κ2) is 6.43. The van der Waals surface area contributed by atoms with Crippen molar-refractivity contribution in [3.05, 3.63) is 21.9 Å². The second-order valence-electron chi connectivity index (χ2n) is 4.13. The van der Waals surface area contributed by atoms with Crippen molar-refractivity contribution in [2.45, 2.75) is 20.4 Å². The third kappa shape index (κ3) is 4.22. The molecule has 0 radical (unpaired) electrons. The average molecular weight is 251 g/mol. The van der Waals surface area contributed by atoms with Crippen LogP contribution in [0.25, 0.3) is 0 Å². The molecule has 0 aliphatic heterocycles. The van der Waals surface area contributed by atoms with E-state index in [9.17, 15) is 4.79 Å². The highest BCUT2D eigenvalue weighted by atomic mass is 32.1. The Morgan fingerprint density at radius 1 is 1.59 bits per heavy atom. The molecule has 1 N–H and O–H groups in total. The predicted molar refractivity (Wildman–Crippen MR) is 69.6 cm³/mol. The summed E-state index contributed by atoms with van der Waals surface area (Å²) in [5.41, 5.74) is 1.08. The number of aliphatic hydroxyl groups is 1. The Morgan fingerprint density at radius 3 is 2.88 bits per heavy atom. The van der Waals surface area contributed by atoms with Crippen LogP contribution >= 0.6 is 11.3 Å². The van der Waals surface area contributed by atoms with E-state index in [4.69, 9.17) is 5.11 Å². The number of amides is 1. The van der Waals surface area contributed by atoms with E-state index in [2.05, 4.69) is 11.8 Å². The highest BCUT2D eigenvalue weighted by Gasteiger charge is 2.13. The molecular weight excluding hydrogens is 234 g/mol. The fourth-order valence-electron chi connectivity index (χ4n) is 1.44. The van der Waals surface area contributed by atoms with Crippen LogP contribution in [0.15, 0.2) is 11.4 Å². The molecule has 0 aliphatic rings. The van der Waals surface area contributed by atoms with E-state index in [0.717, 1.165) is 10.4 Å². The molecule has 1 rings (SSSR count). The molecule has 1 amide bonds. The van der Waals surface area contributed by atoms with Gasteiger partial charge in [0.05, 0.1) is 4.88 Å². The van der Waals surface area contributed by atoms with Crippen LogP contribution in [0.2, 0.25) is 0 Å². The molecule has 0 unspecified atom stereocenters. The van der Waals surface area contributed by atoms with E-state index < -0.39 is 0 Å². The Morgan fingerprint density at radius 2 is 2.29 bits per heavy atom. The van der Waals surface area contributed by atoms with Gasteiger partial charge in [-0.15, -0.1) is 11.3 Å². The van der Waals surface area contributed by atoms with E-state index in [1.807, 2.05) is 25.3 Å². The molecule has 0 spiro atoms. The molecule has 0 saturated heterocycles. The molecule has 0 aliphatic carbocycles. The van der Waals surface area contributed by atoms with Gasteiger partial charge in [-0.3, -0.25) is 4.79 Å². The molecule has 17 heavy (non-hydrogen) atoms. The van der Waals surface area contributed by atoms with E-state index in [1.165, 1.54) is 11.3 Å². The molecule has 0 atom stereocenters. The monoisotopic (exact) mass is 251 g/mol. The van der Waals surface area contributed by atoms with Gasteiger partial charge in [0.2, 0.25) is 5.91 Å². The Hall–Kier alpha value is -1.31. The highest BCUT2D eigenvalue weighted by Crippen LogP contribution is 2.15. The van der Waals surface area contributed by atoms with Crippen LogP contribution in [0.4, 0.5) is 0 Å². The molecule has 3 nitrogen and oxygen atoms in total. The third-order valence-corrected chi connectivity index (χ3v) is 3.13. The van der Waals surface area contributed by atoms with Crippen LogP contribution in [-0.2, 0) is 11.3 Å². The smallest absolute Gasteiger partial charge is 0.225 e. The lowest BCUT2D eigenvalue weighted by molar-refractivity contribution is -0.133. The number of carbonyl (C=O) groups is 1. The minimum atomic E-state index is -0.126. The van der Waals surface area contributed by atoms with Gasteiger partial charge in [-0.05, 0) is 17.0 Å². The van der Waals surface area contributed by atoms with Crippen molar-refractivity contribution in [3.63, 3.8) is 0 Å². The maximum Gasteiger partial charge on any atom is 0.225 e. The summed E-state index contributed by atoms with van der Waals surface area (Å²) in [6.45, 7) is 4.27. The van der Waals surface area contributed by atoms with Gasteiger partial charge in [-0.1, -0.05) is 25.7 Å². The number of hydrogen-bond acceptors (Lipinski definition) is 3. The summed E-state index contributed by atoms with van der Waals surface area (Å²) in [5, 5.41) is 10.6. The zero-order valence-electron chi connectivity index (χ0n) is 10.4. The van der Waals surface area contributed by atoms with Crippen LogP contribution in [-0.4, -0.2) is 29.6 Å². The fraction of sp³-hybridized carbons (Fsp3) is 0.462. The Kier molecular flexibility index (Phi) is 5.20. The number of rotatable bonds is 3. The zero-order chi connectivity index (χ0) is 12.8. The summed E-state index contributed by atoms with van der Waals surface area (Å²) in [5.74, 6) is 5.62. The van der Waals surface area contributed by atoms with E-state index in [-0.39, 0.29) is 18.4 Å². The maximum absolute atomic E-state index is 11.7. The molecule has 1 aromatic heterocycles. The van der Waals surface area contributed by atoms with Gasteiger partial charge in [-0.25, -0.2) is 0 Å². The van der Waals surface area contributed by atoms with Crippen LogP contribution in [0.5, 0.6) is 0 Å². The van der Waals surface area contributed by atoms with E-state index in [1.54, 1.807) is 11.9 Å². The largest absolute Gasteiger partial charge is 0.384 e. The van der Waals surface area contributed by atoms with Crippen molar-refractivity contribution in [2.75, 3.05) is 13.7 Å². The third-order valence-electron chi connectivity index (χ3n) is 2.23. The van der Waals surface area contributed by atoms with E-state index in [0.29, 0.717) is 6.54 Å². The molecule has 1 heterocycles. The van der Waals surface area contributed by atoms with Crippen molar-refractivity contribution in [1.82, 2.24) is 4.90 Å². The maximum atomic E-state index is 11.7. The fourth-order valence-corrected chi connectivity index (χ4v) is 2.21. The zero-order valence-corrected chi connectivity index (χ0v) is 11.2. The standard InChI is InChI=1S/C13H17NO2S/c1-10(2)13(16)14(3)8-11-7-12(17-9-11)5-4-6-15/h7,9-10,15H,6,8H2,1-3H3.